The second kappa shape index (κ2) is 25.4. The summed E-state index contributed by atoms with van der Waals surface area (Å²) in [5.74, 6) is -1.15. The summed E-state index contributed by atoms with van der Waals surface area (Å²) in [6, 6.07) is 26.0. The van der Waals surface area contributed by atoms with E-state index in [1.807, 2.05) is 71.4 Å². The van der Waals surface area contributed by atoms with Crippen LogP contribution in [-0.4, -0.2) is 135 Å². The van der Waals surface area contributed by atoms with Gasteiger partial charge in [-0.3, -0.25) is 43.3 Å². The fraction of sp³-hybridized carbons (Fsp3) is 0.387. The molecule has 10 rings (SSSR count). The molecule has 5 aliphatic rings. The molecule has 21 nitrogen and oxygen atoms in total. The number of unbranched alkanes of at least 4 members (excludes halogenated alkanes) is 1. The van der Waals surface area contributed by atoms with Gasteiger partial charge in [0.15, 0.2) is 23.0 Å². The van der Waals surface area contributed by atoms with Crippen molar-refractivity contribution in [3.63, 3.8) is 0 Å². The average molecular weight is 1160 g/mol. The normalized spacial score (nSPS) is 18.1. The van der Waals surface area contributed by atoms with E-state index in [0.29, 0.717) is 88.2 Å². The summed E-state index contributed by atoms with van der Waals surface area (Å²) in [5, 5.41) is 14.1. The predicted octanol–water partition coefficient (Wildman–Crippen LogP) is 6.00. The number of fused-ring (bicyclic) bond motifs is 8. The molecule has 1 saturated heterocycles. The van der Waals surface area contributed by atoms with Crippen molar-refractivity contribution in [1.29, 1.82) is 0 Å². The number of para-hydroxylation sites is 2. The topological polar surface area (TPSA) is 247 Å². The molecule has 8 amide bonds. The number of thioether (sulfide) groups is 1. The van der Waals surface area contributed by atoms with Gasteiger partial charge in [-0.1, -0.05) is 36.4 Å². The smallest absolute Gasteiger partial charge is 0.260 e. The van der Waals surface area contributed by atoms with Gasteiger partial charge < -0.3 is 60.2 Å². The van der Waals surface area contributed by atoms with Crippen molar-refractivity contribution in [2.45, 2.75) is 101 Å². The third-order valence-corrected chi connectivity index (χ3v) is 16.8. The van der Waals surface area contributed by atoms with Gasteiger partial charge in [-0.15, -0.1) is 0 Å². The highest BCUT2D eigenvalue weighted by atomic mass is 32.2. The summed E-state index contributed by atoms with van der Waals surface area (Å²) in [5.41, 5.74) is 7.84. The van der Waals surface area contributed by atoms with Crippen LogP contribution in [0, 0.1) is 0 Å². The number of imide groups is 1. The number of carbonyl (C=O) groups excluding carboxylic acids is 8. The number of hydrogen-bond donors (Lipinski definition) is 5. The maximum absolute atomic E-state index is 14.3. The van der Waals surface area contributed by atoms with E-state index in [9.17, 15) is 38.4 Å². The van der Waals surface area contributed by atoms with Crippen molar-refractivity contribution in [2.75, 3.05) is 79.0 Å². The van der Waals surface area contributed by atoms with Crippen LogP contribution in [0.25, 0.3) is 0 Å². The number of likely N-dealkylation sites (N-methyl/N-ethyl adjacent to an activating group) is 1. The molecule has 1 fully saturated rings. The van der Waals surface area contributed by atoms with Gasteiger partial charge in [0.1, 0.15) is 25.3 Å². The molecule has 5 aromatic rings. The lowest BCUT2D eigenvalue weighted by Crippen LogP contribution is -2.50. The lowest BCUT2D eigenvalue weighted by atomic mass is 10.1. The standard InChI is InChI=1S/C62H69N9O12S/c1-35(65-56(73)18-12-11-17-55(72)63-19-20-69-57(74)30-54(84-6)62(69)79)58(75)66-36(2)59(76)67-41-22-37(33-82-52-28-46-44(26-50(52)80-4)60(77)70-42(31-64-46)24-39-13-7-9-15-47(39)70)21-38(23-41)34-83-53-29-49-45(27-51(53)81-5)61(78)71-43(32-68(49)3)25-40-14-8-10-16-48(40)71/h7-10,13-16,21-23,26-29,35-36,42-43,54,64H,11-12,17-20,24-25,30-34H2,1-6H3,(H,63,72)(H,65,73)(H,66,75)(H,67,76)/t35-,36-,42-,43-,54?/m0/s1. The number of nitrogens with zero attached hydrogens (tertiary/aromatic N) is 4. The Hall–Kier alpha value is -8.79. The molecule has 440 valence electrons. The number of methoxy groups -OCH3 is 2. The number of ether oxygens (including phenoxy) is 4. The molecular weight excluding hydrogens is 1090 g/mol. The monoisotopic (exact) mass is 1160 g/mol. The van der Waals surface area contributed by atoms with Gasteiger partial charge >= 0.3 is 0 Å². The minimum absolute atomic E-state index is 0.0124. The van der Waals surface area contributed by atoms with E-state index in [2.05, 4.69) is 37.6 Å². The summed E-state index contributed by atoms with van der Waals surface area (Å²) < 4.78 is 24.7. The van der Waals surface area contributed by atoms with Crippen LogP contribution in [-0.2, 0) is 54.8 Å². The SMILES string of the molecule is COc1cc2c(cc1OCc1cc(COc3cc4c(cc3OC)C(=O)N3c5ccccc5C[C@H]3CN4C)cc(NC(=O)[C@H](C)NC(=O)[C@H](C)NC(=O)CCCCC(=O)NCCN3C(=O)CC(SC)C3=O)c1)NC[C@@H]1Cc3ccccc3N1C2=O. The molecule has 0 bridgehead atoms. The van der Waals surface area contributed by atoms with Crippen LogP contribution in [0.5, 0.6) is 23.0 Å². The third-order valence-electron chi connectivity index (χ3n) is 15.9. The number of rotatable bonds is 22. The molecule has 0 spiro atoms. The van der Waals surface area contributed by atoms with Crippen molar-refractivity contribution < 1.29 is 57.3 Å². The fourth-order valence-electron chi connectivity index (χ4n) is 11.5. The Balaban J connectivity index is 0.798. The maximum atomic E-state index is 14.3. The quantitative estimate of drug-likeness (QED) is 0.0394. The highest BCUT2D eigenvalue weighted by molar-refractivity contribution is 8.00. The molecule has 5 heterocycles. The summed E-state index contributed by atoms with van der Waals surface area (Å²) in [6.07, 6.45) is 4.33. The summed E-state index contributed by atoms with van der Waals surface area (Å²) in [4.78, 5) is 112. The Morgan fingerprint density at radius 2 is 1.25 bits per heavy atom. The molecule has 1 unspecified atom stereocenters. The number of hydrogen-bond acceptors (Lipinski definition) is 15. The van der Waals surface area contributed by atoms with E-state index >= 15 is 0 Å². The van der Waals surface area contributed by atoms with Crippen LogP contribution in [0.15, 0.2) is 91.0 Å². The Bertz CT molecular complexity index is 3430. The van der Waals surface area contributed by atoms with Gasteiger partial charge in [-0.25, -0.2) is 0 Å². The molecule has 0 aromatic heterocycles. The summed E-state index contributed by atoms with van der Waals surface area (Å²) in [7, 11) is 4.98. The fourth-order valence-corrected chi connectivity index (χ4v) is 12.2. The lowest BCUT2D eigenvalue weighted by Gasteiger charge is -2.25. The van der Waals surface area contributed by atoms with Gasteiger partial charge in [0.25, 0.3) is 11.8 Å². The first kappa shape index (κ1) is 58.4. The van der Waals surface area contributed by atoms with E-state index in [-0.39, 0.29) is 92.4 Å². The number of anilines is 5. The largest absolute Gasteiger partial charge is 0.493 e. The Morgan fingerprint density at radius 3 is 1.89 bits per heavy atom. The van der Waals surface area contributed by atoms with Gasteiger partial charge in [0.2, 0.25) is 35.4 Å². The minimum atomic E-state index is -1.06. The van der Waals surface area contributed by atoms with Crippen LogP contribution in [0.1, 0.15) is 88.9 Å². The molecule has 5 N–H and O–H groups in total. The first-order valence-electron chi connectivity index (χ1n) is 28.2. The third kappa shape index (κ3) is 12.4. The molecule has 0 saturated carbocycles. The van der Waals surface area contributed by atoms with Crippen molar-refractivity contribution in [2.24, 2.45) is 0 Å². The van der Waals surface area contributed by atoms with Crippen molar-refractivity contribution in [3.8, 4) is 23.0 Å². The second-order valence-electron chi connectivity index (χ2n) is 21.6. The Kier molecular flexibility index (Phi) is 17.6. The minimum Gasteiger partial charge on any atom is -0.493 e. The van der Waals surface area contributed by atoms with Gasteiger partial charge in [-0.2, -0.15) is 11.8 Å². The van der Waals surface area contributed by atoms with E-state index in [4.69, 9.17) is 18.9 Å². The van der Waals surface area contributed by atoms with Gasteiger partial charge in [-0.05, 0) is 111 Å². The van der Waals surface area contributed by atoms with Gasteiger partial charge in [0.05, 0.1) is 54.1 Å². The maximum Gasteiger partial charge on any atom is 0.260 e. The molecule has 0 aliphatic carbocycles. The molecule has 5 aliphatic heterocycles. The molecular formula is C62H69N9O12S. The highest BCUT2D eigenvalue weighted by Gasteiger charge is 2.41. The van der Waals surface area contributed by atoms with E-state index in [1.165, 1.54) is 44.7 Å². The van der Waals surface area contributed by atoms with E-state index < -0.39 is 29.8 Å². The first-order chi connectivity index (χ1) is 40.5. The molecule has 5 aromatic carbocycles. The second-order valence-corrected chi connectivity index (χ2v) is 22.7. The van der Waals surface area contributed by atoms with Crippen molar-refractivity contribution in [1.82, 2.24) is 20.9 Å². The van der Waals surface area contributed by atoms with E-state index in [0.717, 1.165) is 35.3 Å². The number of carbonyl (C=O) groups is 8. The average Bonchev–Trinajstić information content (AvgIpc) is 3.07. The van der Waals surface area contributed by atoms with Crippen LogP contribution in [0.3, 0.4) is 0 Å². The molecule has 84 heavy (non-hydrogen) atoms. The van der Waals surface area contributed by atoms with Crippen molar-refractivity contribution >= 4 is 87.5 Å². The summed E-state index contributed by atoms with van der Waals surface area (Å²) in [6.45, 7) is 4.35. The summed E-state index contributed by atoms with van der Waals surface area (Å²) >= 11 is 1.33. The number of amides is 8. The molecule has 22 heteroatoms. The first-order valence-corrected chi connectivity index (χ1v) is 29.5. The lowest BCUT2D eigenvalue weighted by molar-refractivity contribution is -0.138. The van der Waals surface area contributed by atoms with Crippen LogP contribution in [0.4, 0.5) is 28.4 Å². The number of likely N-dealkylation sites (tertiary alicyclic amines) is 1. The Labute approximate surface area is 491 Å². The van der Waals surface area contributed by atoms with Crippen LogP contribution < -0.4 is 60.2 Å². The van der Waals surface area contributed by atoms with Crippen LogP contribution in [0.2, 0.25) is 0 Å². The van der Waals surface area contributed by atoms with Crippen LogP contribution >= 0.6 is 11.8 Å². The van der Waals surface area contributed by atoms with Gasteiger partial charge in [0, 0.05) is 81.7 Å². The van der Waals surface area contributed by atoms with Crippen molar-refractivity contribution in [3.05, 3.63) is 124 Å². The molecule has 0 radical (unpaired) electrons. The molecule has 5 atom stereocenters. The zero-order chi connectivity index (χ0) is 59.3. The number of benzene rings is 5. The van der Waals surface area contributed by atoms with E-state index in [1.54, 1.807) is 36.6 Å². The zero-order valence-electron chi connectivity index (χ0n) is 47.8. The highest BCUT2D eigenvalue weighted by Crippen LogP contribution is 2.44. The Morgan fingerprint density at radius 1 is 0.667 bits per heavy atom. The zero-order valence-corrected chi connectivity index (χ0v) is 48.7. The number of nitrogens with one attached hydrogen (secondary N) is 5. The predicted molar refractivity (Wildman–Crippen MR) is 318 cm³/mol.